The van der Waals surface area contributed by atoms with Gasteiger partial charge >= 0.3 is 0 Å². The zero-order valence-electron chi connectivity index (χ0n) is 9.71. The number of aliphatic hydroxyl groups is 1. The average Bonchev–Trinajstić information content (AvgIpc) is 2.57. The van der Waals surface area contributed by atoms with Gasteiger partial charge in [-0.15, -0.1) is 0 Å². The first-order valence-electron chi connectivity index (χ1n) is 6.22. The summed E-state index contributed by atoms with van der Waals surface area (Å²) in [6.07, 6.45) is 3.33. The van der Waals surface area contributed by atoms with Crippen molar-refractivity contribution in [2.24, 2.45) is 0 Å². The van der Waals surface area contributed by atoms with Crippen LogP contribution in [0.1, 0.15) is 30.7 Å². The molecular formula is C14H19NO. The Morgan fingerprint density at radius 2 is 1.94 bits per heavy atom. The molecule has 0 unspecified atom stereocenters. The maximum absolute atomic E-state index is 10.4. The highest BCUT2D eigenvalue weighted by Gasteiger charge is 2.44. The third kappa shape index (κ3) is 1.48. The minimum absolute atomic E-state index is 0.189. The Morgan fingerprint density at radius 3 is 2.69 bits per heavy atom. The summed E-state index contributed by atoms with van der Waals surface area (Å²) in [5.74, 6) is 0.342. The van der Waals surface area contributed by atoms with E-state index in [9.17, 15) is 5.11 Å². The molecule has 0 aliphatic carbocycles. The number of likely N-dealkylation sites (N-methyl/N-ethyl adjacent to an activating group) is 1. The second kappa shape index (κ2) is 3.86. The summed E-state index contributed by atoms with van der Waals surface area (Å²) in [6, 6.07) is 11.5. The van der Waals surface area contributed by atoms with Crippen molar-refractivity contribution in [2.45, 2.75) is 43.4 Å². The number of rotatable bonds is 1. The molecule has 3 rings (SSSR count). The Balaban J connectivity index is 1.88. The van der Waals surface area contributed by atoms with Gasteiger partial charge in [0.1, 0.15) is 0 Å². The third-order valence-electron chi connectivity index (χ3n) is 4.45. The van der Waals surface area contributed by atoms with Gasteiger partial charge in [-0.2, -0.15) is 0 Å². The second-order valence-corrected chi connectivity index (χ2v) is 5.21. The van der Waals surface area contributed by atoms with Gasteiger partial charge in [0.15, 0.2) is 0 Å². The van der Waals surface area contributed by atoms with Gasteiger partial charge in [0, 0.05) is 18.0 Å². The van der Waals surface area contributed by atoms with Crippen LogP contribution in [-0.4, -0.2) is 35.2 Å². The molecule has 2 nitrogen and oxygen atoms in total. The van der Waals surface area contributed by atoms with E-state index in [0.29, 0.717) is 18.0 Å². The molecule has 0 aromatic heterocycles. The number of benzene rings is 1. The summed E-state index contributed by atoms with van der Waals surface area (Å²) in [7, 11) is 2.16. The number of aliphatic hydroxyl groups excluding tert-OH is 1. The van der Waals surface area contributed by atoms with Crippen LogP contribution in [0, 0.1) is 0 Å². The van der Waals surface area contributed by atoms with Crippen molar-refractivity contribution < 1.29 is 5.11 Å². The predicted molar refractivity (Wildman–Crippen MR) is 64.4 cm³/mol. The van der Waals surface area contributed by atoms with Crippen LogP contribution < -0.4 is 0 Å². The lowest BCUT2D eigenvalue weighted by atomic mass is 9.83. The minimum atomic E-state index is -0.189. The van der Waals surface area contributed by atoms with Crippen LogP contribution in [0.15, 0.2) is 30.3 Å². The predicted octanol–water partition coefficient (Wildman–Crippen LogP) is 2.00. The highest BCUT2D eigenvalue weighted by atomic mass is 16.3. The number of hydrogen-bond donors (Lipinski definition) is 1. The highest BCUT2D eigenvalue weighted by Crippen LogP contribution is 2.42. The lowest BCUT2D eigenvalue weighted by molar-refractivity contribution is 0.0112. The Kier molecular flexibility index (Phi) is 2.49. The molecule has 2 fully saturated rings. The van der Waals surface area contributed by atoms with Crippen LogP contribution in [0.5, 0.6) is 0 Å². The molecule has 2 bridgehead atoms. The Labute approximate surface area is 96.9 Å². The van der Waals surface area contributed by atoms with Crippen LogP contribution in [0.2, 0.25) is 0 Å². The highest BCUT2D eigenvalue weighted by molar-refractivity contribution is 5.23. The minimum Gasteiger partial charge on any atom is -0.391 e. The molecule has 2 saturated heterocycles. The third-order valence-corrected chi connectivity index (χ3v) is 4.45. The standard InChI is InChI=1S/C14H19NO/c1-15-11-7-8-13(15)14(16)12(9-11)10-5-3-2-4-6-10/h2-6,11-14,16H,7-9H2,1H3/t11-,12+,13-,14-/m0/s1. The summed E-state index contributed by atoms with van der Waals surface area (Å²) in [5.41, 5.74) is 1.31. The molecule has 2 heteroatoms. The van der Waals surface area contributed by atoms with Crippen molar-refractivity contribution in [1.82, 2.24) is 4.90 Å². The number of hydrogen-bond acceptors (Lipinski definition) is 2. The maximum Gasteiger partial charge on any atom is 0.0764 e. The number of piperidine rings is 1. The summed E-state index contributed by atoms with van der Waals surface area (Å²) in [5, 5.41) is 10.4. The molecule has 2 aliphatic rings. The van der Waals surface area contributed by atoms with Gasteiger partial charge in [-0.25, -0.2) is 0 Å². The Morgan fingerprint density at radius 1 is 1.19 bits per heavy atom. The zero-order chi connectivity index (χ0) is 11.1. The van der Waals surface area contributed by atoms with Gasteiger partial charge < -0.3 is 5.11 Å². The molecule has 1 aromatic carbocycles. The van der Waals surface area contributed by atoms with Crippen LogP contribution in [0.25, 0.3) is 0 Å². The van der Waals surface area contributed by atoms with Crippen LogP contribution in [-0.2, 0) is 0 Å². The first-order chi connectivity index (χ1) is 7.77. The van der Waals surface area contributed by atoms with Crippen molar-refractivity contribution in [2.75, 3.05) is 7.05 Å². The van der Waals surface area contributed by atoms with Crippen LogP contribution in [0.4, 0.5) is 0 Å². The maximum atomic E-state index is 10.4. The lowest BCUT2D eigenvalue weighted by Gasteiger charge is -2.40. The summed E-state index contributed by atoms with van der Waals surface area (Å²) in [4.78, 5) is 2.38. The van der Waals surface area contributed by atoms with Gasteiger partial charge in [-0.3, -0.25) is 4.90 Å². The molecule has 4 atom stereocenters. The SMILES string of the molecule is CN1[C@H]2CC[C@H]1[C@@H](O)[C@@H](c1ccccc1)C2. The lowest BCUT2D eigenvalue weighted by Crippen LogP contribution is -2.48. The quantitative estimate of drug-likeness (QED) is 0.777. The van der Waals surface area contributed by atoms with E-state index >= 15 is 0 Å². The zero-order valence-corrected chi connectivity index (χ0v) is 9.71. The second-order valence-electron chi connectivity index (χ2n) is 5.21. The van der Waals surface area contributed by atoms with Crippen LogP contribution >= 0.6 is 0 Å². The van der Waals surface area contributed by atoms with E-state index in [-0.39, 0.29) is 6.10 Å². The first kappa shape index (κ1) is 10.3. The molecule has 86 valence electrons. The van der Waals surface area contributed by atoms with E-state index in [1.165, 1.54) is 12.0 Å². The monoisotopic (exact) mass is 217 g/mol. The van der Waals surface area contributed by atoms with Crippen LogP contribution in [0.3, 0.4) is 0 Å². The Hall–Kier alpha value is -0.860. The molecule has 2 heterocycles. The molecule has 0 radical (unpaired) electrons. The fraction of sp³-hybridized carbons (Fsp3) is 0.571. The first-order valence-corrected chi connectivity index (χ1v) is 6.22. The molecule has 2 aliphatic heterocycles. The van der Waals surface area contributed by atoms with Crippen molar-refractivity contribution in [3.8, 4) is 0 Å². The normalized spacial score (nSPS) is 38.9. The summed E-state index contributed by atoms with van der Waals surface area (Å²) < 4.78 is 0. The van der Waals surface area contributed by atoms with E-state index < -0.39 is 0 Å². The number of nitrogens with zero attached hydrogens (tertiary/aromatic N) is 1. The molecular weight excluding hydrogens is 198 g/mol. The van der Waals surface area contributed by atoms with Gasteiger partial charge in [0.05, 0.1) is 6.10 Å². The van der Waals surface area contributed by atoms with Gasteiger partial charge in [-0.1, -0.05) is 30.3 Å². The topological polar surface area (TPSA) is 23.5 Å². The van der Waals surface area contributed by atoms with Gasteiger partial charge in [-0.05, 0) is 31.9 Å². The van der Waals surface area contributed by atoms with Crippen molar-refractivity contribution >= 4 is 0 Å². The summed E-state index contributed by atoms with van der Waals surface area (Å²) in [6.45, 7) is 0. The van der Waals surface area contributed by atoms with E-state index in [1.54, 1.807) is 0 Å². The van der Waals surface area contributed by atoms with Gasteiger partial charge in [0.25, 0.3) is 0 Å². The molecule has 0 saturated carbocycles. The smallest absolute Gasteiger partial charge is 0.0764 e. The molecule has 1 N–H and O–H groups in total. The van der Waals surface area contributed by atoms with Crippen molar-refractivity contribution in [3.63, 3.8) is 0 Å². The van der Waals surface area contributed by atoms with Gasteiger partial charge in [0.2, 0.25) is 0 Å². The van der Waals surface area contributed by atoms with E-state index in [4.69, 9.17) is 0 Å². The van der Waals surface area contributed by atoms with E-state index in [2.05, 4.69) is 36.2 Å². The molecule has 1 aromatic rings. The molecule has 16 heavy (non-hydrogen) atoms. The largest absolute Gasteiger partial charge is 0.391 e. The average molecular weight is 217 g/mol. The number of fused-ring (bicyclic) bond motifs is 2. The van der Waals surface area contributed by atoms with E-state index in [0.717, 1.165) is 12.8 Å². The molecule has 0 spiro atoms. The molecule has 0 amide bonds. The van der Waals surface area contributed by atoms with Crippen molar-refractivity contribution in [3.05, 3.63) is 35.9 Å². The van der Waals surface area contributed by atoms with Crippen molar-refractivity contribution in [1.29, 1.82) is 0 Å². The fourth-order valence-electron chi connectivity index (χ4n) is 3.47. The fourth-order valence-corrected chi connectivity index (χ4v) is 3.47. The Bertz CT molecular complexity index is 364. The van der Waals surface area contributed by atoms with E-state index in [1.807, 2.05) is 6.07 Å². The summed E-state index contributed by atoms with van der Waals surface area (Å²) >= 11 is 0.